The van der Waals surface area contributed by atoms with Gasteiger partial charge in [-0.05, 0) is 33.1 Å². The Morgan fingerprint density at radius 1 is 0.462 bits per heavy atom. The highest BCUT2D eigenvalue weighted by atomic mass is 16.5. The molecule has 0 heterocycles. The molecule has 0 aliphatic rings. The molecule has 0 radical (unpaired) electrons. The Kier molecular flexibility index (Phi) is 39.6. The molecule has 0 rings (SSSR count). The van der Waals surface area contributed by atoms with Gasteiger partial charge in [-0.1, -0.05) is 206 Å². The normalized spacial score (nSPS) is 13.5. The summed E-state index contributed by atoms with van der Waals surface area (Å²) in [5.74, 6) is -3.10. The van der Waals surface area contributed by atoms with Gasteiger partial charge in [0.05, 0.1) is 6.61 Å². The highest BCUT2D eigenvalue weighted by Gasteiger charge is 2.45. The van der Waals surface area contributed by atoms with Crippen molar-refractivity contribution in [2.24, 2.45) is 0 Å². The van der Waals surface area contributed by atoms with Crippen molar-refractivity contribution in [1.82, 2.24) is 0 Å². The number of rotatable bonds is 38. The number of esters is 1. The van der Waals surface area contributed by atoms with Gasteiger partial charge in [0, 0.05) is 0 Å². The summed E-state index contributed by atoms with van der Waals surface area (Å²) in [7, 11) is 0. The Morgan fingerprint density at radius 3 is 0.981 bits per heavy atom. The van der Waals surface area contributed by atoms with Crippen LogP contribution in [0.1, 0.15) is 240 Å². The minimum absolute atomic E-state index is 0.134. The lowest BCUT2D eigenvalue weighted by Crippen LogP contribution is -2.50. The van der Waals surface area contributed by atoms with E-state index in [-0.39, 0.29) is 6.42 Å². The second kappa shape index (κ2) is 39.2. The van der Waals surface area contributed by atoms with E-state index in [2.05, 4.69) is 13.8 Å². The molecule has 0 aliphatic heterocycles. The van der Waals surface area contributed by atoms with Gasteiger partial charge < -0.3 is 25.2 Å². The number of aliphatic hydroxyl groups is 3. The molecule has 0 saturated carbocycles. The number of aliphatic hydroxyl groups excluding tert-OH is 2. The fourth-order valence-electron chi connectivity index (χ4n) is 6.55. The van der Waals surface area contributed by atoms with Crippen molar-refractivity contribution in [2.75, 3.05) is 6.61 Å². The van der Waals surface area contributed by atoms with Crippen molar-refractivity contribution in [3.8, 4) is 0 Å². The zero-order valence-corrected chi connectivity index (χ0v) is 34.6. The lowest BCUT2D eigenvalue weighted by Gasteiger charge is -2.23. The van der Waals surface area contributed by atoms with Crippen LogP contribution in [0.4, 0.5) is 0 Å². The van der Waals surface area contributed by atoms with Crippen LogP contribution < -0.4 is 0 Å². The van der Waals surface area contributed by atoms with Crippen molar-refractivity contribution in [1.29, 1.82) is 0 Å². The minimum atomic E-state index is -2.45. The molecule has 4 N–H and O–H groups in total. The second-order valence-electron chi connectivity index (χ2n) is 15.4. The van der Waals surface area contributed by atoms with Crippen LogP contribution in [0.3, 0.4) is 0 Å². The summed E-state index contributed by atoms with van der Waals surface area (Å²) in [6.45, 7) is 7.60. The first-order valence-electron chi connectivity index (χ1n) is 22.1. The van der Waals surface area contributed by atoms with E-state index >= 15 is 0 Å². The molecule has 0 aromatic carbocycles. The van der Waals surface area contributed by atoms with Gasteiger partial charge in [0.2, 0.25) is 11.4 Å². The van der Waals surface area contributed by atoms with E-state index in [1.807, 2.05) is 0 Å². The van der Waals surface area contributed by atoms with Gasteiger partial charge in [0.25, 0.3) is 0 Å². The minimum Gasteiger partial charge on any atom is -0.479 e. The number of ketones is 1. The third-order valence-electron chi connectivity index (χ3n) is 10.1. The molecular weight excluding hydrogens is 656 g/mol. The predicted octanol–water partition coefficient (Wildman–Crippen LogP) is 11.6. The number of carboxylic acids is 1. The number of unbranched alkanes of at least 4 members (excludes halogenated alkanes) is 30. The Morgan fingerprint density at radius 2 is 0.731 bits per heavy atom. The molecule has 0 aromatic heterocycles. The van der Waals surface area contributed by atoms with E-state index < -0.39 is 35.5 Å². The second-order valence-corrected chi connectivity index (χ2v) is 15.4. The summed E-state index contributed by atoms with van der Waals surface area (Å²) in [5.41, 5.74) is -2.45. The molecule has 52 heavy (non-hydrogen) atoms. The zero-order chi connectivity index (χ0) is 39.1. The van der Waals surface area contributed by atoms with Gasteiger partial charge >= 0.3 is 11.9 Å². The molecule has 0 spiro atoms. The van der Waals surface area contributed by atoms with Gasteiger partial charge in [-0.25, -0.2) is 9.59 Å². The monoisotopic (exact) mass is 743 g/mol. The highest BCUT2D eigenvalue weighted by Crippen LogP contribution is 2.21. The molecule has 8 heteroatoms. The molecule has 3 unspecified atom stereocenters. The van der Waals surface area contributed by atoms with E-state index in [9.17, 15) is 24.6 Å². The number of hydrogen-bond acceptors (Lipinski definition) is 7. The molecule has 0 amide bonds. The predicted molar refractivity (Wildman–Crippen MR) is 216 cm³/mol. The number of Topliss-reactive ketones (excluding diaryl/α,β-unsaturated/α-hetero) is 1. The zero-order valence-electron chi connectivity index (χ0n) is 34.6. The molecule has 0 bridgehead atoms. The first kappa shape index (κ1) is 52.6. The molecule has 3 atom stereocenters. The molecule has 0 aromatic rings. The average molecular weight is 743 g/mol. The first-order chi connectivity index (χ1) is 25.0. The summed E-state index contributed by atoms with van der Waals surface area (Å²) in [6.07, 6.45) is 38.1. The fraction of sp³-hybridized carbons (Fsp3) is 0.932. The van der Waals surface area contributed by atoms with Crippen molar-refractivity contribution in [2.45, 2.75) is 257 Å². The molecular formula is C44H86O8. The van der Waals surface area contributed by atoms with Gasteiger partial charge in [0.15, 0.2) is 0 Å². The van der Waals surface area contributed by atoms with Gasteiger partial charge in [-0.15, -0.1) is 0 Å². The topological polar surface area (TPSA) is 141 Å². The van der Waals surface area contributed by atoms with Crippen LogP contribution in [0, 0.1) is 0 Å². The van der Waals surface area contributed by atoms with Gasteiger partial charge in [-0.2, -0.15) is 0 Å². The van der Waals surface area contributed by atoms with E-state index in [0.29, 0.717) is 13.0 Å². The summed E-state index contributed by atoms with van der Waals surface area (Å²) in [6, 6.07) is 0. The first-order valence-corrected chi connectivity index (χ1v) is 22.1. The number of aliphatic carboxylic acids is 1. The smallest absolute Gasteiger partial charge is 0.343 e. The molecule has 310 valence electrons. The number of carboxylic acid groups (broad SMARTS) is 1. The van der Waals surface area contributed by atoms with Crippen LogP contribution in [0.15, 0.2) is 0 Å². The molecule has 8 nitrogen and oxygen atoms in total. The van der Waals surface area contributed by atoms with Crippen LogP contribution in [-0.4, -0.2) is 62.6 Å². The van der Waals surface area contributed by atoms with Gasteiger partial charge in [0.1, 0.15) is 12.2 Å². The Hall–Kier alpha value is -1.51. The van der Waals surface area contributed by atoms with E-state index in [1.54, 1.807) is 0 Å². The summed E-state index contributed by atoms with van der Waals surface area (Å²) >= 11 is 0. The number of carbonyl (C=O) groups excluding carboxylic acids is 2. The lowest BCUT2D eigenvalue weighted by atomic mass is 9.89. The summed E-state index contributed by atoms with van der Waals surface area (Å²) in [5, 5.41) is 37.4. The maximum absolute atomic E-state index is 11.7. The summed E-state index contributed by atoms with van der Waals surface area (Å²) in [4.78, 5) is 33.9. The third-order valence-corrected chi connectivity index (χ3v) is 10.1. The number of carbonyl (C=O) groups is 3. The Balaban J connectivity index is 0. The van der Waals surface area contributed by atoms with Crippen molar-refractivity contribution < 1.29 is 39.5 Å². The number of hydrogen-bond donors (Lipinski definition) is 4. The van der Waals surface area contributed by atoms with Crippen LogP contribution in [-0.2, 0) is 19.1 Å². The van der Waals surface area contributed by atoms with Crippen molar-refractivity contribution in [3.63, 3.8) is 0 Å². The standard InChI is InChI=1S/C24H46O5.C20H40O3/c1-3-4-5-6-7-8-9-10-11-12-13-14-15-16-17-18-19-20-24(29,23(27)28)22(26)21(2)25;1-3-4-5-6-7-8-9-10-11-12-13-14-15-16-17-18-23-20(22)19(2)21/h21,25,29H,3-20H2,1-2H3,(H,27,28);19,21H,3-18H2,1-2H3. The third kappa shape index (κ3) is 34.3. The fourth-order valence-corrected chi connectivity index (χ4v) is 6.55. The molecule has 0 fully saturated rings. The lowest BCUT2D eigenvalue weighted by molar-refractivity contribution is -0.169. The SMILES string of the molecule is CCCCCCCCCCCCCCCCCCCC(O)(C(=O)O)C(=O)C(C)O.CCCCCCCCCCCCCCCCCOC(=O)C(C)O. The largest absolute Gasteiger partial charge is 0.479 e. The maximum Gasteiger partial charge on any atom is 0.343 e. The number of ether oxygens (including phenoxy) is 1. The quantitative estimate of drug-likeness (QED) is 0.0278. The average Bonchev–Trinajstić information content (AvgIpc) is 3.12. The van der Waals surface area contributed by atoms with Gasteiger partial charge in [-0.3, -0.25) is 4.79 Å². The summed E-state index contributed by atoms with van der Waals surface area (Å²) < 4.78 is 4.93. The molecule has 0 saturated heterocycles. The Bertz CT molecular complexity index is 799. The highest BCUT2D eigenvalue weighted by molar-refractivity contribution is 6.07. The van der Waals surface area contributed by atoms with Crippen molar-refractivity contribution >= 4 is 17.7 Å². The van der Waals surface area contributed by atoms with Crippen LogP contribution >= 0.6 is 0 Å². The van der Waals surface area contributed by atoms with Crippen LogP contribution in [0.5, 0.6) is 0 Å². The van der Waals surface area contributed by atoms with Crippen LogP contribution in [0.25, 0.3) is 0 Å². The van der Waals surface area contributed by atoms with E-state index in [1.165, 1.54) is 181 Å². The van der Waals surface area contributed by atoms with Crippen molar-refractivity contribution in [3.05, 3.63) is 0 Å². The van der Waals surface area contributed by atoms with Crippen LogP contribution in [0.2, 0.25) is 0 Å². The van der Waals surface area contributed by atoms with E-state index in [4.69, 9.17) is 14.9 Å². The maximum atomic E-state index is 11.7. The molecule has 0 aliphatic carbocycles. The van der Waals surface area contributed by atoms with E-state index in [0.717, 1.165) is 32.1 Å². The Labute approximate surface area is 320 Å².